The third-order valence-electron chi connectivity index (χ3n) is 2.08. The Morgan fingerprint density at radius 2 is 1.94 bits per heavy atom. The minimum absolute atomic E-state index is 0.0216. The summed E-state index contributed by atoms with van der Waals surface area (Å²) in [6.45, 7) is 2.07. The molecule has 0 unspecified atom stereocenters. The molecule has 0 aliphatic heterocycles. The average Bonchev–Trinajstić information content (AvgIpc) is 2.24. The fourth-order valence-electron chi connectivity index (χ4n) is 1.29. The van der Waals surface area contributed by atoms with Gasteiger partial charge < -0.3 is 9.47 Å². The molecule has 1 aromatic carbocycles. The van der Waals surface area contributed by atoms with Crippen molar-refractivity contribution in [3.8, 4) is 0 Å². The number of ether oxygens (including phenoxy) is 2. The van der Waals surface area contributed by atoms with Crippen molar-refractivity contribution in [1.82, 2.24) is 0 Å². The summed E-state index contributed by atoms with van der Waals surface area (Å²) in [7, 11) is 0. The van der Waals surface area contributed by atoms with Crippen LogP contribution in [0.4, 0.5) is 13.2 Å². The molecule has 102 valence electrons. The molecule has 0 aliphatic rings. The summed E-state index contributed by atoms with van der Waals surface area (Å²) in [6.07, 6.45) is -4.39. The molecule has 0 N–H and O–H groups in total. The van der Waals surface area contributed by atoms with E-state index in [1.165, 1.54) is 0 Å². The van der Waals surface area contributed by atoms with E-state index in [0.29, 0.717) is 14.6 Å². The van der Waals surface area contributed by atoms with Crippen LogP contribution in [0.5, 0.6) is 0 Å². The molecule has 0 bridgehead atoms. The van der Waals surface area contributed by atoms with Gasteiger partial charge in [-0.2, -0.15) is 13.2 Å². The quantitative estimate of drug-likeness (QED) is 0.380. The number of alkyl halides is 3. The lowest BCUT2D eigenvalue weighted by Crippen LogP contribution is -2.12. The minimum Gasteiger partial charge on any atom is -0.356 e. The van der Waals surface area contributed by atoms with Crippen LogP contribution in [0.15, 0.2) is 16.6 Å². The molecule has 0 amide bonds. The highest BCUT2D eigenvalue weighted by Crippen LogP contribution is 2.36. The molecule has 0 aromatic heterocycles. The summed E-state index contributed by atoms with van der Waals surface area (Å²) in [6, 6.07) is 2.72. The van der Waals surface area contributed by atoms with Crippen LogP contribution in [0.25, 0.3) is 0 Å². The van der Waals surface area contributed by atoms with Crippen LogP contribution in [0.1, 0.15) is 18.1 Å². The molecule has 0 saturated heterocycles. The zero-order valence-electron chi connectivity index (χ0n) is 9.48. The van der Waals surface area contributed by atoms with Crippen LogP contribution in [0.3, 0.4) is 0 Å². The highest BCUT2D eigenvalue weighted by molar-refractivity contribution is 14.1. The van der Waals surface area contributed by atoms with Crippen molar-refractivity contribution < 1.29 is 22.6 Å². The highest BCUT2D eigenvalue weighted by atomic mass is 127. The van der Waals surface area contributed by atoms with E-state index in [1.54, 1.807) is 13.0 Å². The Labute approximate surface area is 125 Å². The van der Waals surface area contributed by atoms with Gasteiger partial charge in [0, 0.05) is 20.2 Å². The molecule has 0 fully saturated rings. The SMILES string of the molecule is CCOCOCc1c(Br)cc(I)cc1C(F)(F)F. The summed E-state index contributed by atoms with van der Waals surface area (Å²) in [5, 5.41) is 0. The minimum atomic E-state index is -4.39. The van der Waals surface area contributed by atoms with Gasteiger partial charge in [-0.3, -0.25) is 0 Å². The predicted molar refractivity (Wildman–Crippen MR) is 73.1 cm³/mol. The first-order valence-electron chi connectivity index (χ1n) is 5.06. The van der Waals surface area contributed by atoms with E-state index >= 15 is 0 Å². The molecule has 18 heavy (non-hydrogen) atoms. The zero-order chi connectivity index (χ0) is 13.8. The second-order valence-corrected chi connectivity index (χ2v) is 5.47. The van der Waals surface area contributed by atoms with Crippen molar-refractivity contribution in [2.75, 3.05) is 13.4 Å². The van der Waals surface area contributed by atoms with Gasteiger partial charge in [0.1, 0.15) is 6.79 Å². The van der Waals surface area contributed by atoms with E-state index in [9.17, 15) is 13.2 Å². The summed E-state index contributed by atoms with van der Waals surface area (Å²) in [4.78, 5) is 0. The molecular formula is C11H11BrF3IO2. The summed E-state index contributed by atoms with van der Waals surface area (Å²) >= 11 is 4.98. The Bertz CT molecular complexity index is 410. The Morgan fingerprint density at radius 1 is 1.28 bits per heavy atom. The van der Waals surface area contributed by atoms with Crippen molar-refractivity contribution in [2.24, 2.45) is 0 Å². The molecule has 0 atom stereocenters. The molecular weight excluding hydrogens is 428 g/mol. The highest BCUT2D eigenvalue weighted by Gasteiger charge is 2.34. The molecule has 2 nitrogen and oxygen atoms in total. The van der Waals surface area contributed by atoms with E-state index in [0.717, 1.165) is 6.07 Å². The number of hydrogen-bond acceptors (Lipinski definition) is 2. The van der Waals surface area contributed by atoms with Crippen LogP contribution in [-0.4, -0.2) is 13.4 Å². The van der Waals surface area contributed by atoms with E-state index in [1.807, 2.05) is 22.6 Å². The Hall–Kier alpha value is 0.140. The molecule has 1 rings (SSSR count). The Morgan fingerprint density at radius 3 is 2.50 bits per heavy atom. The molecule has 0 aliphatic carbocycles. The summed E-state index contributed by atoms with van der Waals surface area (Å²) in [5.74, 6) is 0. The van der Waals surface area contributed by atoms with Gasteiger partial charge in [0.25, 0.3) is 0 Å². The van der Waals surface area contributed by atoms with Crippen molar-refractivity contribution in [1.29, 1.82) is 0 Å². The fourth-order valence-corrected chi connectivity index (χ4v) is 2.91. The zero-order valence-corrected chi connectivity index (χ0v) is 13.2. The number of halogens is 5. The van der Waals surface area contributed by atoms with Gasteiger partial charge in [-0.15, -0.1) is 0 Å². The van der Waals surface area contributed by atoms with Gasteiger partial charge in [-0.1, -0.05) is 15.9 Å². The maximum absolute atomic E-state index is 12.9. The summed E-state index contributed by atoms with van der Waals surface area (Å²) < 4.78 is 49.5. The molecule has 1 aromatic rings. The van der Waals surface area contributed by atoms with Crippen LogP contribution in [0, 0.1) is 3.57 Å². The number of rotatable bonds is 5. The van der Waals surface area contributed by atoms with Gasteiger partial charge in [0.05, 0.1) is 12.2 Å². The first-order valence-corrected chi connectivity index (χ1v) is 6.94. The Kier molecular flexibility index (Phi) is 6.36. The van der Waals surface area contributed by atoms with Gasteiger partial charge in [-0.05, 0) is 41.6 Å². The maximum atomic E-state index is 12.9. The lowest BCUT2D eigenvalue weighted by molar-refractivity contribution is -0.139. The molecule has 0 spiro atoms. The molecule has 0 heterocycles. The fraction of sp³-hybridized carbons (Fsp3) is 0.455. The third-order valence-corrected chi connectivity index (χ3v) is 3.41. The van der Waals surface area contributed by atoms with Gasteiger partial charge >= 0.3 is 6.18 Å². The second kappa shape index (κ2) is 7.06. The lowest BCUT2D eigenvalue weighted by atomic mass is 10.1. The van der Waals surface area contributed by atoms with Crippen LogP contribution >= 0.6 is 38.5 Å². The second-order valence-electron chi connectivity index (χ2n) is 3.37. The van der Waals surface area contributed by atoms with Crippen molar-refractivity contribution in [3.05, 3.63) is 31.3 Å². The standard InChI is InChI=1S/C11H11BrF3IO2/c1-2-17-6-18-5-8-9(11(13,14)15)3-7(16)4-10(8)12/h3-4H,2,5-6H2,1H3. The van der Waals surface area contributed by atoms with Crippen molar-refractivity contribution in [2.45, 2.75) is 19.7 Å². The van der Waals surface area contributed by atoms with E-state index in [4.69, 9.17) is 9.47 Å². The number of benzene rings is 1. The molecule has 0 radical (unpaired) electrons. The molecule has 7 heteroatoms. The first kappa shape index (κ1) is 16.2. The van der Waals surface area contributed by atoms with E-state index < -0.39 is 11.7 Å². The van der Waals surface area contributed by atoms with Crippen molar-refractivity contribution >= 4 is 38.5 Å². The largest absolute Gasteiger partial charge is 0.416 e. The maximum Gasteiger partial charge on any atom is 0.416 e. The summed E-state index contributed by atoms with van der Waals surface area (Å²) in [5.41, 5.74) is -0.597. The van der Waals surface area contributed by atoms with Crippen molar-refractivity contribution in [3.63, 3.8) is 0 Å². The smallest absolute Gasteiger partial charge is 0.356 e. The van der Waals surface area contributed by atoms with E-state index in [2.05, 4.69) is 15.9 Å². The normalized spacial score (nSPS) is 11.9. The molecule has 0 saturated carbocycles. The lowest BCUT2D eigenvalue weighted by Gasteiger charge is -2.15. The van der Waals surface area contributed by atoms with Gasteiger partial charge in [0.15, 0.2) is 0 Å². The topological polar surface area (TPSA) is 18.5 Å². The van der Waals surface area contributed by atoms with Crippen LogP contribution < -0.4 is 0 Å². The van der Waals surface area contributed by atoms with Gasteiger partial charge in [-0.25, -0.2) is 0 Å². The average molecular weight is 439 g/mol. The predicted octanol–water partition coefficient (Wildman–Crippen LogP) is 4.58. The van der Waals surface area contributed by atoms with Gasteiger partial charge in [0.2, 0.25) is 0 Å². The van der Waals surface area contributed by atoms with E-state index in [-0.39, 0.29) is 19.0 Å². The van der Waals surface area contributed by atoms with Crippen LogP contribution in [-0.2, 0) is 22.3 Å². The van der Waals surface area contributed by atoms with Crippen LogP contribution in [0.2, 0.25) is 0 Å². The number of hydrogen-bond donors (Lipinski definition) is 0. The Balaban J connectivity index is 2.94. The first-order chi connectivity index (χ1) is 8.36. The monoisotopic (exact) mass is 438 g/mol. The third kappa shape index (κ3) is 4.67.